The fourth-order valence-corrected chi connectivity index (χ4v) is 3.24. The summed E-state index contributed by atoms with van der Waals surface area (Å²) in [6.07, 6.45) is 1.91. The number of aromatic nitrogens is 3. The van der Waals surface area contributed by atoms with Gasteiger partial charge in [-0.25, -0.2) is 18.7 Å². The van der Waals surface area contributed by atoms with E-state index in [0.29, 0.717) is 24.2 Å². The van der Waals surface area contributed by atoms with E-state index in [1.165, 1.54) is 21.4 Å². The molecule has 1 atom stereocenters. The Morgan fingerprint density at radius 3 is 2.81 bits per heavy atom. The summed E-state index contributed by atoms with van der Waals surface area (Å²) in [6, 6.07) is 3.60. The van der Waals surface area contributed by atoms with Crippen LogP contribution in [0.1, 0.15) is 51.0 Å². The highest BCUT2D eigenvalue weighted by Gasteiger charge is 2.33. The number of hydrogen-bond acceptors (Lipinski definition) is 4. The molecule has 0 spiro atoms. The summed E-state index contributed by atoms with van der Waals surface area (Å²) in [7, 11) is 0. The Kier molecular flexibility index (Phi) is 4.92. The number of nitrogens with zero attached hydrogens (tertiary/aromatic N) is 3. The number of ether oxygens (including phenoxy) is 1. The van der Waals surface area contributed by atoms with Crippen molar-refractivity contribution in [1.82, 2.24) is 14.3 Å². The van der Waals surface area contributed by atoms with Crippen LogP contribution in [0.2, 0.25) is 5.02 Å². The number of esters is 1. The van der Waals surface area contributed by atoms with E-state index in [1.807, 2.05) is 0 Å². The van der Waals surface area contributed by atoms with Crippen molar-refractivity contribution in [3.63, 3.8) is 0 Å². The van der Waals surface area contributed by atoms with Gasteiger partial charge in [0.25, 0.3) is 0 Å². The van der Waals surface area contributed by atoms with Crippen LogP contribution in [0.5, 0.6) is 0 Å². The van der Waals surface area contributed by atoms with Crippen LogP contribution >= 0.6 is 11.6 Å². The van der Waals surface area contributed by atoms with Crippen LogP contribution in [0.25, 0.3) is 0 Å². The maximum Gasteiger partial charge on any atom is 0.347 e. The van der Waals surface area contributed by atoms with Crippen molar-refractivity contribution in [2.75, 3.05) is 0 Å². The van der Waals surface area contributed by atoms with E-state index >= 15 is 0 Å². The third kappa shape index (κ3) is 3.82. The molecule has 0 bridgehead atoms. The number of hydrogen-bond donors (Lipinski definition) is 0. The highest BCUT2D eigenvalue weighted by molar-refractivity contribution is 6.30. The van der Waals surface area contributed by atoms with Crippen molar-refractivity contribution < 1.29 is 13.9 Å². The number of fused-ring (bicyclic) bond motifs is 1. The summed E-state index contributed by atoms with van der Waals surface area (Å²) >= 11 is 5.80. The van der Waals surface area contributed by atoms with E-state index in [0.717, 1.165) is 6.42 Å². The first-order valence-corrected chi connectivity index (χ1v) is 8.88. The van der Waals surface area contributed by atoms with Gasteiger partial charge in [-0.1, -0.05) is 17.7 Å². The molecule has 140 valence electrons. The molecule has 2 aromatic rings. The molecule has 3 rings (SSSR count). The van der Waals surface area contributed by atoms with Gasteiger partial charge in [-0.3, -0.25) is 4.57 Å². The van der Waals surface area contributed by atoms with Crippen LogP contribution in [0.3, 0.4) is 0 Å². The first-order valence-electron chi connectivity index (χ1n) is 8.51. The zero-order valence-electron chi connectivity index (χ0n) is 15.0. The summed E-state index contributed by atoms with van der Waals surface area (Å²) in [5, 5.41) is 4.34. The Morgan fingerprint density at radius 1 is 1.42 bits per heavy atom. The number of rotatable bonds is 3. The van der Waals surface area contributed by atoms with E-state index in [2.05, 4.69) is 5.10 Å². The lowest BCUT2D eigenvalue weighted by Crippen LogP contribution is -2.38. The molecule has 1 aliphatic rings. The van der Waals surface area contributed by atoms with Gasteiger partial charge in [-0.2, -0.15) is 5.10 Å². The van der Waals surface area contributed by atoms with Crippen LogP contribution in [0.15, 0.2) is 23.0 Å². The summed E-state index contributed by atoms with van der Waals surface area (Å²) in [5.41, 5.74) is -0.349. The van der Waals surface area contributed by atoms with Gasteiger partial charge in [-0.15, -0.1) is 0 Å². The minimum atomic E-state index is -0.670. The predicted molar refractivity (Wildman–Crippen MR) is 94.8 cm³/mol. The molecule has 1 aromatic carbocycles. The van der Waals surface area contributed by atoms with Crippen molar-refractivity contribution in [3.05, 3.63) is 50.9 Å². The fraction of sp³-hybridized carbons (Fsp3) is 0.500. The van der Waals surface area contributed by atoms with Crippen LogP contribution in [0, 0.1) is 5.82 Å². The number of carbonyl (C=O) groups excluding carboxylic acids is 1. The molecule has 2 heterocycles. The third-order valence-electron chi connectivity index (χ3n) is 4.13. The lowest BCUT2D eigenvalue weighted by atomic mass is 10.0. The standard InChI is InChI=1S/C18H21ClFN3O3/c1-18(2,3)26-16(24)14-5-4-6-15-21-22(17(25)23(14)15)10-11-7-8-13(20)12(19)9-11/h7-9,14H,4-6,10H2,1-3H3. The van der Waals surface area contributed by atoms with Crippen molar-refractivity contribution >= 4 is 17.6 Å². The average molecular weight is 382 g/mol. The fourth-order valence-electron chi connectivity index (χ4n) is 3.04. The molecule has 1 aliphatic heterocycles. The lowest BCUT2D eigenvalue weighted by molar-refractivity contribution is -0.159. The first kappa shape index (κ1) is 18.6. The molecular formula is C18H21ClFN3O3. The van der Waals surface area contributed by atoms with Crippen molar-refractivity contribution in [2.45, 2.75) is 58.2 Å². The molecule has 1 unspecified atom stereocenters. The Labute approximate surface area is 155 Å². The number of benzene rings is 1. The van der Waals surface area contributed by atoms with E-state index in [-0.39, 0.29) is 17.3 Å². The Morgan fingerprint density at radius 2 is 2.15 bits per heavy atom. The second kappa shape index (κ2) is 6.87. The van der Waals surface area contributed by atoms with E-state index in [1.54, 1.807) is 26.8 Å². The summed E-state index contributed by atoms with van der Waals surface area (Å²) in [4.78, 5) is 25.3. The average Bonchev–Trinajstić information content (AvgIpc) is 2.85. The first-order chi connectivity index (χ1) is 12.2. The Hall–Kier alpha value is -2.15. The van der Waals surface area contributed by atoms with Gasteiger partial charge in [-0.05, 0) is 51.3 Å². The lowest BCUT2D eigenvalue weighted by Gasteiger charge is -2.26. The number of carbonyl (C=O) groups is 1. The molecule has 0 amide bonds. The van der Waals surface area contributed by atoms with Crippen molar-refractivity contribution in [3.8, 4) is 0 Å². The summed E-state index contributed by atoms with van der Waals surface area (Å²) in [6.45, 7) is 5.53. The maximum absolute atomic E-state index is 13.3. The van der Waals surface area contributed by atoms with Gasteiger partial charge in [0.2, 0.25) is 0 Å². The smallest absolute Gasteiger partial charge is 0.347 e. The van der Waals surface area contributed by atoms with Gasteiger partial charge in [0.05, 0.1) is 11.6 Å². The largest absolute Gasteiger partial charge is 0.458 e. The van der Waals surface area contributed by atoms with E-state index in [9.17, 15) is 14.0 Å². The van der Waals surface area contributed by atoms with Crippen LogP contribution in [-0.4, -0.2) is 25.9 Å². The van der Waals surface area contributed by atoms with Crippen LogP contribution < -0.4 is 5.69 Å². The minimum absolute atomic E-state index is 0.00819. The van der Waals surface area contributed by atoms with Gasteiger partial charge >= 0.3 is 11.7 Å². The Balaban J connectivity index is 1.91. The number of halogens is 2. The molecule has 0 fully saturated rings. The van der Waals surface area contributed by atoms with E-state index < -0.39 is 23.4 Å². The van der Waals surface area contributed by atoms with Gasteiger partial charge in [0.1, 0.15) is 23.3 Å². The number of aryl methyl sites for hydroxylation is 1. The molecule has 26 heavy (non-hydrogen) atoms. The van der Waals surface area contributed by atoms with Gasteiger partial charge in [0, 0.05) is 6.42 Å². The molecule has 0 saturated heterocycles. The molecular weight excluding hydrogens is 361 g/mol. The van der Waals surface area contributed by atoms with E-state index in [4.69, 9.17) is 16.3 Å². The monoisotopic (exact) mass is 381 g/mol. The predicted octanol–water partition coefficient (Wildman–Crippen LogP) is 3.10. The third-order valence-corrected chi connectivity index (χ3v) is 4.42. The van der Waals surface area contributed by atoms with Crippen molar-refractivity contribution in [2.24, 2.45) is 0 Å². The molecule has 1 aromatic heterocycles. The molecule has 0 aliphatic carbocycles. The van der Waals surface area contributed by atoms with Crippen LogP contribution in [0.4, 0.5) is 4.39 Å². The summed E-state index contributed by atoms with van der Waals surface area (Å²) in [5.74, 6) is -0.382. The Bertz CT molecular complexity index is 898. The molecule has 0 N–H and O–H groups in total. The van der Waals surface area contributed by atoms with Crippen molar-refractivity contribution in [1.29, 1.82) is 0 Å². The quantitative estimate of drug-likeness (QED) is 0.766. The van der Waals surface area contributed by atoms with Gasteiger partial charge < -0.3 is 4.74 Å². The molecule has 8 heteroatoms. The topological polar surface area (TPSA) is 66.1 Å². The molecule has 0 saturated carbocycles. The summed E-state index contributed by atoms with van der Waals surface area (Å²) < 4.78 is 21.5. The highest BCUT2D eigenvalue weighted by atomic mass is 35.5. The normalized spacial score (nSPS) is 17.0. The second-order valence-electron chi connectivity index (χ2n) is 7.42. The zero-order valence-corrected chi connectivity index (χ0v) is 15.7. The zero-order chi connectivity index (χ0) is 19.1. The second-order valence-corrected chi connectivity index (χ2v) is 7.82. The van der Waals surface area contributed by atoms with Crippen LogP contribution in [-0.2, 0) is 22.5 Å². The van der Waals surface area contributed by atoms with Gasteiger partial charge in [0.15, 0.2) is 0 Å². The minimum Gasteiger partial charge on any atom is -0.458 e. The molecule has 0 radical (unpaired) electrons. The highest BCUT2D eigenvalue weighted by Crippen LogP contribution is 2.25. The SMILES string of the molecule is CC(C)(C)OC(=O)C1CCCc2nn(Cc3ccc(F)c(Cl)c3)c(=O)n21. The maximum atomic E-state index is 13.3. The molecule has 6 nitrogen and oxygen atoms in total.